The lowest BCUT2D eigenvalue weighted by molar-refractivity contribution is -0.119. The molecule has 1 atom stereocenters. The van der Waals surface area contributed by atoms with Crippen molar-refractivity contribution in [3.05, 3.63) is 0 Å². The maximum atomic E-state index is 12.2. The Bertz CT molecular complexity index is 419. The van der Waals surface area contributed by atoms with Crippen LogP contribution >= 0.6 is 0 Å². The quantitative estimate of drug-likeness (QED) is 0.0993. The Labute approximate surface area is 207 Å². The molecule has 0 fully saturated rings. The van der Waals surface area contributed by atoms with E-state index in [4.69, 9.17) is 19.0 Å². The maximum Gasteiger partial charge on any atom is 0.513 e. The van der Waals surface area contributed by atoms with Crippen LogP contribution in [0.2, 0.25) is 5.54 Å². The van der Waals surface area contributed by atoms with Crippen molar-refractivity contribution in [1.82, 2.24) is 0 Å². The monoisotopic (exact) mass is 487 g/mol. The zero-order valence-electron chi connectivity index (χ0n) is 22.6. The highest BCUT2D eigenvalue weighted by Gasteiger charge is 2.51. The van der Waals surface area contributed by atoms with Crippen molar-refractivity contribution >= 4 is 14.7 Å². The van der Waals surface area contributed by atoms with Crippen molar-refractivity contribution in [2.45, 2.75) is 149 Å². The van der Waals surface area contributed by atoms with Crippen LogP contribution in [0.4, 0.5) is 0 Å². The summed E-state index contributed by atoms with van der Waals surface area (Å²) < 4.78 is 17.7. The molecule has 198 valence electrons. The molecule has 0 saturated heterocycles. The van der Waals surface area contributed by atoms with Gasteiger partial charge in [0.15, 0.2) is 0 Å². The standard InChI is InChI=1S/C27H57NO4Si/c1-5-9-10-11-12-13-14-15-16-17-18-19-20-21-22-23-24-25-26(27(28)29)33(30-6-2,31-7-3)32-8-4/h26H,5-25H2,1-4H3,(H2,28,29). The minimum Gasteiger partial charge on any atom is -0.373 e. The molecule has 6 heteroatoms. The highest BCUT2D eigenvalue weighted by molar-refractivity contribution is 6.66. The van der Waals surface area contributed by atoms with Gasteiger partial charge in [-0.15, -0.1) is 0 Å². The average Bonchev–Trinajstić information content (AvgIpc) is 2.78. The van der Waals surface area contributed by atoms with Gasteiger partial charge in [-0.1, -0.05) is 116 Å². The topological polar surface area (TPSA) is 70.8 Å². The minimum absolute atomic E-state index is 0.353. The molecular weight excluding hydrogens is 430 g/mol. The number of carbonyl (C=O) groups is 1. The number of hydrogen-bond acceptors (Lipinski definition) is 4. The normalized spacial score (nSPS) is 12.8. The summed E-state index contributed by atoms with van der Waals surface area (Å²) in [5.41, 5.74) is 5.29. The Morgan fingerprint density at radius 2 is 0.879 bits per heavy atom. The molecule has 33 heavy (non-hydrogen) atoms. The molecule has 0 aromatic heterocycles. The summed E-state index contributed by atoms with van der Waals surface area (Å²) in [5, 5.41) is 0. The van der Waals surface area contributed by atoms with Crippen LogP contribution in [0, 0.1) is 0 Å². The van der Waals surface area contributed by atoms with Gasteiger partial charge < -0.3 is 19.0 Å². The van der Waals surface area contributed by atoms with Crippen LogP contribution in [0.3, 0.4) is 0 Å². The molecule has 0 radical (unpaired) electrons. The third-order valence-electron chi connectivity index (χ3n) is 6.40. The van der Waals surface area contributed by atoms with Crippen molar-refractivity contribution in [2.75, 3.05) is 19.8 Å². The molecule has 0 aliphatic rings. The molecule has 0 aliphatic carbocycles. The molecule has 0 saturated carbocycles. The van der Waals surface area contributed by atoms with E-state index in [0.717, 1.165) is 12.8 Å². The molecule has 0 aromatic carbocycles. The van der Waals surface area contributed by atoms with Gasteiger partial charge in [-0.05, 0) is 27.2 Å². The summed E-state index contributed by atoms with van der Waals surface area (Å²) >= 11 is 0. The van der Waals surface area contributed by atoms with Gasteiger partial charge in [-0.2, -0.15) is 0 Å². The Kier molecular flexibility index (Phi) is 23.0. The average molecular weight is 488 g/mol. The molecule has 5 nitrogen and oxygen atoms in total. The first-order valence-corrected chi connectivity index (χ1v) is 16.1. The molecule has 0 bridgehead atoms. The van der Waals surface area contributed by atoms with Crippen molar-refractivity contribution in [1.29, 1.82) is 0 Å². The second-order valence-corrected chi connectivity index (χ2v) is 12.1. The Balaban J connectivity index is 3.83. The fourth-order valence-corrected chi connectivity index (χ4v) is 7.56. The van der Waals surface area contributed by atoms with Gasteiger partial charge in [0.25, 0.3) is 0 Å². The van der Waals surface area contributed by atoms with Gasteiger partial charge in [0.05, 0.1) is 0 Å². The summed E-state index contributed by atoms with van der Waals surface area (Å²) in [6.07, 6.45) is 23.5. The molecule has 0 spiro atoms. The van der Waals surface area contributed by atoms with E-state index in [-0.39, 0.29) is 5.91 Å². The number of primary amides is 1. The zero-order valence-corrected chi connectivity index (χ0v) is 23.6. The second-order valence-electron chi connectivity index (χ2n) is 9.30. The van der Waals surface area contributed by atoms with Crippen LogP contribution in [-0.4, -0.2) is 34.5 Å². The van der Waals surface area contributed by atoms with Gasteiger partial charge in [0.1, 0.15) is 5.54 Å². The van der Waals surface area contributed by atoms with Crippen LogP contribution in [0.5, 0.6) is 0 Å². The summed E-state index contributed by atoms with van der Waals surface area (Å²) in [6, 6.07) is 0. The second kappa shape index (κ2) is 23.3. The highest BCUT2D eigenvalue weighted by Crippen LogP contribution is 2.31. The lowest BCUT2D eigenvalue weighted by Crippen LogP contribution is -2.54. The van der Waals surface area contributed by atoms with Crippen LogP contribution in [0.15, 0.2) is 0 Å². The number of amides is 1. The predicted octanol–water partition coefficient (Wildman–Crippen LogP) is 7.93. The molecule has 0 aliphatic heterocycles. The van der Waals surface area contributed by atoms with Crippen LogP contribution in [0.1, 0.15) is 143 Å². The summed E-state index contributed by atoms with van der Waals surface area (Å²) in [4.78, 5) is 12.2. The molecule has 1 unspecified atom stereocenters. The van der Waals surface area contributed by atoms with E-state index < -0.39 is 14.3 Å². The number of nitrogens with two attached hydrogens (primary N) is 1. The van der Waals surface area contributed by atoms with Gasteiger partial charge in [0, 0.05) is 19.8 Å². The van der Waals surface area contributed by atoms with E-state index in [1.54, 1.807) is 0 Å². The Hall–Kier alpha value is -0.433. The first-order chi connectivity index (χ1) is 16.1. The third-order valence-corrected chi connectivity index (χ3v) is 9.90. The third kappa shape index (κ3) is 16.8. The lowest BCUT2D eigenvalue weighted by atomic mass is 10.0. The van der Waals surface area contributed by atoms with E-state index in [0.29, 0.717) is 26.2 Å². The zero-order chi connectivity index (χ0) is 24.6. The van der Waals surface area contributed by atoms with E-state index in [1.165, 1.54) is 96.3 Å². The Morgan fingerprint density at radius 3 is 1.15 bits per heavy atom. The first kappa shape index (κ1) is 32.6. The van der Waals surface area contributed by atoms with E-state index >= 15 is 0 Å². The minimum atomic E-state index is -3.07. The van der Waals surface area contributed by atoms with Crippen LogP contribution < -0.4 is 5.73 Å². The summed E-state index contributed by atoms with van der Waals surface area (Å²) in [7, 11) is -3.07. The highest BCUT2D eigenvalue weighted by atomic mass is 28.4. The van der Waals surface area contributed by atoms with Crippen molar-refractivity contribution in [2.24, 2.45) is 5.73 Å². The lowest BCUT2D eigenvalue weighted by Gasteiger charge is -2.33. The SMILES string of the molecule is CCCCCCCCCCCCCCCCCCCC(C(N)=O)[Si](OCC)(OCC)OCC. The number of hydrogen-bond donors (Lipinski definition) is 1. The van der Waals surface area contributed by atoms with E-state index in [9.17, 15) is 4.79 Å². The van der Waals surface area contributed by atoms with Crippen LogP contribution in [0.25, 0.3) is 0 Å². The number of rotatable bonds is 26. The molecule has 0 aromatic rings. The molecule has 0 heterocycles. The van der Waals surface area contributed by atoms with Crippen molar-refractivity contribution in [3.63, 3.8) is 0 Å². The smallest absolute Gasteiger partial charge is 0.373 e. The van der Waals surface area contributed by atoms with E-state index in [1.807, 2.05) is 20.8 Å². The molecule has 0 rings (SSSR count). The fraction of sp³-hybridized carbons (Fsp3) is 0.963. The Morgan fingerprint density at radius 1 is 0.576 bits per heavy atom. The van der Waals surface area contributed by atoms with Crippen LogP contribution in [-0.2, 0) is 18.1 Å². The summed E-state index contributed by atoms with van der Waals surface area (Å²) in [5.74, 6) is -0.353. The maximum absolute atomic E-state index is 12.2. The van der Waals surface area contributed by atoms with Gasteiger partial charge >= 0.3 is 8.80 Å². The molecule has 1 amide bonds. The van der Waals surface area contributed by atoms with Gasteiger partial charge in [-0.3, -0.25) is 4.79 Å². The molecule has 2 N–H and O–H groups in total. The molecular formula is C27H57NO4Si. The fourth-order valence-electron chi connectivity index (χ4n) is 4.60. The summed E-state index contributed by atoms with van der Waals surface area (Å²) in [6.45, 7) is 9.41. The first-order valence-electron chi connectivity index (χ1n) is 14.3. The van der Waals surface area contributed by atoms with Gasteiger partial charge in [-0.25, -0.2) is 0 Å². The number of unbranched alkanes of at least 4 members (excludes halogenated alkanes) is 16. The van der Waals surface area contributed by atoms with Crippen molar-refractivity contribution < 1.29 is 18.1 Å². The number of carbonyl (C=O) groups excluding carboxylic acids is 1. The predicted molar refractivity (Wildman–Crippen MR) is 142 cm³/mol. The van der Waals surface area contributed by atoms with Crippen molar-refractivity contribution in [3.8, 4) is 0 Å². The van der Waals surface area contributed by atoms with Gasteiger partial charge in [0.2, 0.25) is 5.91 Å². The van der Waals surface area contributed by atoms with E-state index in [2.05, 4.69) is 6.92 Å². The largest absolute Gasteiger partial charge is 0.513 e.